The first-order valence-corrected chi connectivity index (χ1v) is 7.03. The fraction of sp³-hybridized carbons (Fsp3) is 0.769. The number of hydrogen-bond acceptors (Lipinski definition) is 3. The van der Waals surface area contributed by atoms with Gasteiger partial charge in [0.2, 0.25) is 5.91 Å². The number of likely N-dealkylation sites (tertiary alicyclic amines) is 1. The Kier molecular flexibility index (Phi) is 2.95. The van der Waals surface area contributed by atoms with Crippen LogP contribution in [-0.4, -0.2) is 41.4 Å². The summed E-state index contributed by atoms with van der Waals surface area (Å²) in [6.45, 7) is 1.12. The van der Waals surface area contributed by atoms with Crippen LogP contribution in [0, 0.1) is 5.92 Å². The Hall–Kier alpha value is -1.59. The average molecular weight is 265 g/mol. The zero-order chi connectivity index (χ0) is 13.5. The van der Waals surface area contributed by atoms with E-state index in [1.807, 2.05) is 4.90 Å². The molecule has 0 aromatic carbocycles. The summed E-state index contributed by atoms with van der Waals surface area (Å²) in [7, 11) is 0. The lowest BCUT2D eigenvalue weighted by Gasteiger charge is -2.38. The van der Waals surface area contributed by atoms with Gasteiger partial charge in [0.15, 0.2) is 0 Å². The van der Waals surface area contributed by atoms with Gasteiger partial charge in [-0.3, -0.25) is 14.9 Å². The molecule has 3 aliphatic rings. The summed E-state index contributed by atoms with van der Waals surface area (Å²) in [6.07, 6.45) is 5.32. The predicted octanol–water partition coefficient (Wildman–Crippen LogP) is 0.377. The summed E-state index contributed by atoms with van der Waals surface area (Å²) in [5.74, 6) is 0.170. The average Bonchev–Trinajstić information content (AvgIpc) is 2.99. The summed E-state index contributed by atoms with van der Waals surface area (Å²) in [5.41, 5.74) is -0.774. The number of nitrogens with one attached hydrogen (secondary N) is 2. The Bertz CT molecular complexity index is 421. The molecule has 3 rings (SSSR count). The molecular formula is C13H19N3O3. The van der Waals surface area contributed by atoms with Crippen molar-refractivity contribution in [3.63, 3.8) is 0 Å². The summed E-state index contributed by atoms with van der Waals surface area (Å²) in [4.78, 5) is 37.2. The molecule has 0 atom stereocenters. The molecule has 6 nitrogen and oxygen atoms in total. The number of hydrogen-bond donors (Lipinski definition) is 2. The van der Waals surface area contributed by atoms with Gasteiger partial charge in [0.05, 0.1) is 0 Å². The molecule has 0 aromatic rings. The molecule has 1 saturated carbocycles. The van der Waals surface area contributed by atoms with Gasteiger partial charge >= 0.3 is 6.03 Å². The molecule has 0 radical (unpaired) electrons. The van der Waals surface area contributed by atoms with Crippen molar-refractivity contribution in [2.45, 2.75) is 44.1 Å². The maximum absolute atomic E-state index is 12.3. The number of nitrogens with zero attached hydrogens (tertiary/aromatic N) is 1. The molecule has 3 fully saturated rings. The van der Waals surface area contributed by atoms with Crippen LogP contribution in [0.3, 0.4) is 0 Å². The van der Waals surface area contributed by atoms with E-state index in [9.17, 15) is 14.4 Å². The molecule has 1 spiro atoms. The van der Waals surface area contributed by atoms with Crippen molar-refractivity contribution in [2.75, 3.05) is 13.1 Å². The first kappa shape index (κ1) is 12.4. The highest BCUT2D eigenvalue weighted by Crippen LogP contribution is 2.30. The SMILES string of the molecule is O=C1NC(=O)C2(CCN(C(=O)C3CCCC3)CC2)N1. The topological polar surface area (TPSA) is 78.5 Å². The zero-order valence-corrected chi connectivity index (χ0v) is 10.9. The Labute approximate surface area is 111 Å². The van der Waals surface area contributed by atoms with E-state index in [4.69, 9.17) is 0 Å². The lowest BCUT2D eigenvalue weighted by molar-refractivity contribution is -0.139. The van der Waals surface area contributed by atoms with Gasteiger partial charge in [-0.1, -0.05) is 12.8 Å². The third kappa shape index (κ3) is 2.09. The molecule has 4 amide bonds. The summed E-state index contributed by atoms with van der Waals surface area (Å²) < 4.78 is 0. The van der Waals surface area contributed by atoms with Crippen molar-refractivity contribution < 1.29 is 14.4 Å². The molecule has 104 valence electrons. The van der Waals surface area contributed by atoms with Gasteiger partial charge in [-0.25, -0.2) is 4.79 Å². The van der Waals surface area contributed by atoms with Crippen molar-refractivity contribution in [3.8, 4) is 0 Å². The molecular weight excluding hydrogens is 246 g/mol. The molecule has 1 aliphatic carbocycles. The van der Waals surface area contributed by atoms with Gasteiger partial charge in [-0.15, -0.1) is 0 Å². The highest BCUT2D eigenvalue weighted by Gasteiger charge is 2.48. The maximum Gasteiger partial charge on any atom is 0.322 e. The van der Waals surface area contributed by atoms with Gasteiger partial charge < -0.3 is 10.2 Å². The fourth-order valence-electron chi connectivity index (χ4n) is 3.42. The van der Waals surface area contributed by atoms with Crippen molar-refractivity contribution >= 4 is 17.8 Å². The van der Waals surface area contributed by atoms with E-state index in [0.29, 0.717) is 25.9 Å². The molecule has 2 saturated heterocycles. The van der Waals surface area contributed by atoms with Crippen molar-refractivity contribution in [1.82, 2.24) is 15.5 Å². The third-order valence-corrected chi connectivity index (χ3v) is 4.65. The number of carbonyl (C=O) groups is 3. The number of rotatable bonds is 1. The second-order valence-electron chi connectivity index (χ2n) is 5.80. The molecule has 0 aromatic heterocycles. The Balaban J connectivity index is 1.61. The highest BCUT2D eigenvalue weighted by molar-refractivity contribution is 6.07. The van der Waals surface area contributed by atoms with E-state index in [-0.39, 0.29) is 17.7 Å². The number of piperidine rings is 1. The first-order chi connectivity index (χ1) is 9.11. The number of carbonyl (C=O) groups excluding carboxylic acids is 3. The van der Waals surface area contributed by atoms with E-state index in [0.717, 1.165) is 25.7 Å². The second-order valence-corrected chi connectivity index (χ2v) is 5.80. The minimum Gasteiger partial charge on any atom is -0.342 e. The number of imide groups is 1. The molecule has 2 aliphatic heterocycles. The molecule has 0 unspecified atom stereocenters. The van der Waals surface area contributed by atoms with Crippen LogP contribution in [0.1, 0.15) is 38.5 Å². The lowest BCUT2D eigenvalue weighted by Crippen LogP contribution is -2.56. The van der Waals surface area contributed by atoms with Crippen LogP contribution in [0.2, 0.25) is 0 Å². The van der Waals surface area contributed by atoms with Crippen LogP contribution >= 0.6 is 0 Å². The van der Waals surface area contributed by atoms with E-state index < -0.39 is 11.6 Å². The minimum absolute atomic E-state index is 0.182. The van der Waals surface area contributed by atoms with E-state index in [1.165, 1.54) is 0 Å². The van der Waals surface area contributed by atoms with Crippen LogP contribution in [-0.2, 0) is 9.59 Å². The number of urea groups is 1. The molecule has 2 heterocycles. The Morgan fingerprint density at radius 2 is 1.79 bits per heavy atom. The van der Waals surface area contributed by atoms with Crippen LogP contribution in [0.4, 0.5) is 4.79 Å². The van der Waals surface area contributed by atoms with Crippen molar-refractivity contribution in [1.29, 1.82) is 0 Å². The molecule has 0 bridgehead atoms. The monoisotopic (exact) mass is 265 g/mol. The molecule has 2 N–H and O–H groups in total. The summed E-state index contributed by atoms with van der Waals surface area (Å²) in [6, 6.07) is -0.416. The molecule has 6 heteroatoms. The normalized spacial score (nSPS) is 26.6. The van der Waals surface area contributed by atoms with E-state index >= 15 is 0 Å². The zero-order valence-electron chi connectivity index (χ0n) is 10.9. The Morgan fingerprint density at radius 1 is 1.16 bits per heavy atom. The summed E-state index contributed by atoms with van der Waals surface area (Å²) in [5, 5.41) is 4.99. The summed E-state index contributed by atoms with van der Waals surface area (Å²) >= 11 is 0. The largest absolute Gasteiger partial charge is 0.342 e. The van der Waals surface area contributed by atoms with Gasteiger partial charge in [0, 0.05) is 19.0 Å². The van der Waals surface area contributed by atoms with Gasteiger partial charge in [-0.2, -0.15) is 0 Å². The van der Waals surface area contributed by atoms with Gasteiger partial charge in [0.1, 0.15) is 5.54 Å². The van der Waals surface area contributed by atoms with Crippen molar-refractivity contribution in [2.24, 2.45) is 5.92 Å². The fourth-order valence-corrected chi connectivity index (χ4v) is 3.42. The Morgan fingerprint density at radius 3 is 2.32 bits per heavy atom. The van der Waals surface area contributed by atoms with Crippen LogP contribution in [0.5, 0.6) is 0 Å². The quantitative estimate of drug-likeness (QED) is 0.673. The second kappa shape index (κ2) is 4.51. The van der Waals surface area contributed by atoms with Crippen LogP contribution < -0.4 is 10.6 Å². The van der Waals surface area contributed by atoms with E-state index in [2.05, 4.69) is 10.6 Å². The van der Waals surface area contributed by atoms with Gasteiger partial charge in [-0.05, 0) is 25.7 Å². The van der Waals surface area contributed by atoms with Gasteiger partial charge in [0.25, 0.3) is 5.91 Å². The highest BCUT2D eigenvalue weighted by atomic mass is 16.2. The minimum atomic E-state index is -0.774. The van der Waals surface area contributed by atoms with Crippen LogP contribution in [0.25, 0.3) is 0 Å². The van der Waals surface area contributed by atoms with E-state index in [1.54, 1.807) is 0 Å². The first-order valence-electron chi connectivity index (χ1n) is 7.03. The van der Waals surface area contributed by atoms with Crippen molar-refractivity contribution in [3.05, 3.63) is 0 Å². The smallest absolute Gasteiger partial charge is 0.322 e. The standard InChI is InChI=1S/C13H19N3O3/c17-10(9-3-1-2-4-9)16-7-5-13(6-8-16)11(18)14-12(19)15-13/h9H,1-8H2,(H2,14,15,18,19). The predicted molar refractivity (Wildman–Crippen MR) is 67.2 cm³/mol. The number of amides is 4. The molecule has 19 heavy (non-hydrogen) atoms. The van der Waals surface area contributed by atoms with Crippen LogP contribution in [0.15, 0.2) is 0 Å². The third-order valence-electron chi connectivity index (χ3n) is 4.65. The maximum atomic E-state index is 12.3. The lowest BCUT2D eigenvalue weighted by atomic mass is 9.87.